The van der Waals surface area contributed by atoms with Gasteiger partial charge in [-0.2, -0.15) is 12.6 Å². The molecule has 1 aromatic rings. The van der Waals surface area contributed by atoms with Crippen molar-refractivity contribution >= 4 is 30.5 Å². The van der Waals surface area contributed by atoms with E-state index in [4.69, 9.17) is 4.74 Å². The lowest BCUT2D eigenvalue weighted by Gasteiger charge is -2.35. The molecule has 0 heterocycles. The molecule has 1 aromatic carbocycles. The number of carbonyl (C=O) groups is 3. The molecule has 8 nitrogen and oxygen atoms in total. The fourth-order valence-electron chi connectivity index (χ4n) is 3.14. The third kappa shape index (κ3) is 9.94. The van der Waals surface area contributed by atoms with E-state index in [9.17, 15) is 19.5 Å². The predicted octanol–water partition coefficient (Wildman–Crippen LogP) is 3.80. The van der Waals surface area contributed by atoms with E-state index in [2.05, 4.69) is 23.3 Å². The molecule has 0 aromatic heterocycles. The van der Waals surface area contributed by atoms with Gasteiger partial charge in [0.15, 0.2) is 0 Å². The van der Waals surface area contributed by atoms with Crippen molar-refractivity contribution in [3.8, 4) is 5.75 Å². The molecule has 0 aliphatic heterocycles. The summed E-state index contributed by atoms with van der Waals surface area (Å²) in [5, 5.41) is 15.5. The topological polar surface area (TPSA) is 108 Å². The Kier molecular flexibility index (Phi) is 10.5. The molecule has 0 saturated heterocycles. The second-order valence-corrected chi connectivity index (χ2v) is 10.4. The van der Waals surface area contributed by atoms with Crippen molar-refractivity contribution in [1.82, 2.24) is 15.5 Å². The number of hydrogen-bond donors (Lipinski definition) is 4. The first-order chi connectivity index (χ1) is 15.2. The first kappa shape index (κ1) is 28.6. The van der Waals surface area contributed by atoms with Gasteiger partial charge in [0, 0.05) is 17.8 Å². The van der Waals surface area contributed by atoms with Crippen LogP contribution in [0.5, 0.6) is 5.75 Å². The molecule has 0 aliphatic carbocycles. The monoisotopic (exact) mass is 481 g/mol. The third-order valence-corrected chi connectivity index (χ3v) is 4.82. The van der Waals surface area contributed by atoms with Gasteiger partial charge in [-0.3, -0.25) is 9.59 Å². The number of amides is 3. The summed E-state index contributed by atoms with van der Waals surface area (Å²) >= 11 is 4.26. The Bertz CT molecular complexity index is 817. The van der Waals surface area contributed by atoms with E-state index < -0.39 is 35.2 Å². The molecule has 33 heavy (non-hydrogen) atoms. The van der Waals surface area contributed by atoms with E-state index in [1.54, 1.807) is 32.9 Å². The summed E-state index contributed by atoms with van der Waals surface area (Å²) in [6, 6.07) is 4.28. The lowest BCUT2D eigenvalue weighted by Crippen LogP contribution is -2.55. The highest BCUT2D eigenvalue weighted by Crippen LogP contribution is 2.27. The Morgan fingerprint density at radius 1 is 1.15 bits per heavy atom. The number of aromatic hydroxyl groups is 1. The van der Waals surface area contributed by atoms with Gasteiger partial charge in [-0.1, -0.05) is 25.5 Å². The average Bonchev–Trinajstić information content (AvgIpc) is 2.65. The maximum absolute atomic E-state index is 13.6. The van der Waals surface area contributed by atoms with Gasteiger partial charge in [0.2, 0.25) is 11.8 Å². The SMILES string of the molecule is CCCCN(C(=O)C(CS)NC(=O)OC(C)(C)C)C(C(=O)NC(C)(C)C)c1cccc(O)c1. The van der Waals surface area contributed by atoms with Crippen LogP contribution >= 0.6 is 12.6 Å². The summed E-state index contributed by atoms with van der Waals surface area (Å²) in [6.07, 6.45) is 0.705. The fraction of sp³-hybridized carbons (Fsp3) is 0.625. The molecule has 9 heteroatoms. The van der Waals surface area contributed by atoms with E-state index in [1.165, 1.54) is 17.0 Å². The second kappa shape index (κ2) is 12.2. The maximum atomic E-state index is 13.6. The van der Waals surface area contributed by atoms with E-state index in [1.807, 2.05) is 27.7 Å². The number of thiol groups is 1. The van der Waals surface area contributed by atoms with Crippen LogP contribution in [0.3, 0.4) is 0 Å². The first-order valence-corrected chi connectivity index (χ1v) is 11.8. The second-order valence-electron chi connectivity index (χ2n) is 10.0. The van der Waals surface area contributed by atoms with Gasteiger partial charge in [0.25, 0.3) is 0 Å². The number of hydrogen-bond acceptors (Lipinski definition) is 6. The minimum atomic E-state index is -1.00. The number of unbranched alkanes of at least 4 members (excludes halogenated alkanes) is 1. The molecule has 0 fully saturated rings. The van der Waals surface area contributed by atoms with Gasteiger partial charge in [-0.15, -0.1) is 0 Å². The van der Waals surface area contributed by atoms with E-state index in [0.717, 1.165) is 6.42 Å². The number of rotatable bonds is 9. The number of phenolic OH excluding ortho intramolecular Hbond substituents is 1. The Balaban J connectivity index is 3.39. The number of phenols is 1. The highest BCUT2D eigenvalue weighted by atomic mass is 32.1. The molecule has 186 valence electrons. The van der Waals surface area contributed by atoms with Gasteiger partial charge in [0.1, 0.15) is 23.4 Å². The average molecular weight is 482 g/mol. The van der Waals surface area contributed by atoms with Crippen LogP contribution in [0.15, 0.2) is 24.3 Å². The molecule has 0 spiro atoms. The summed E-state index contributed by atoms with van der Waals surface area (Å²) in [7, 11) is 0. The number of ether oxygens (including phenoxy) is 1. The molecule has 0 bridgehead atoms. The number of alkyl carbamates (subject to hydrolysis) is 1. The zero-order valence-electron chi connectivity index (χ0n) is 20.8. The van der Waals surface area contributed by atoms with Crippen LogP contribution in [0.25, 0.3) is 0 Å². The Morgan fingerprint density at radius 3 is 2.27 bits per heavy atom. The van der Waals surface area contributed by atoms with Crippen LogP contribution < -0.4 is 10.6 Å². The van der Waals surface area contributed by atoms with Crippen molar-refractivity contribution in [2.75, 3.05) is 12.3 Å². The van der Waals surface area contributed by atoms with Crippen LogP contribution in [0.1, 0.15) is 72.9 Å². The lowest BCUT2D eigenvalue weighted by atomic mass is 10.00. The van der Waals surface area contributed by atoms with Crippen LogP contribution in [-0.2, 0) is 14.3 Å². The number of benzene rings is 1. The smallest absolute Gasteiger partial charge is 0.408 e. The molecule has 1 rings (SSSR count). The number of nitrogens with zero attached hydrogens (tertiary/aromatic N) is 1. The third-order valence-electron chi connectivity index (χ3n) is 4.45. The van der Waals surface area contributed by atoms with Crippen LogP contribution in [0, 0.1) is 0 Å². The fourth-order valence-corrected chi connectivity index (χ4v) is 3.38. The van der Waals surface area contributed by atoms with Crippen LogP contribution in [-0.4, -0.2) is 57.4 Å². The van der Waals surface area contributed by atoms with Crippen LogP contribution in [0.2, 0.25) is 0 Å². The molecular weight excluding hydrogens is 442 g/mol. The summed E-state index contributed by atoms with van der Waals surface area (Å²) in [5.74, 6) is -0.829. The summed E-state index contributed by atoms with van der Waals surface area (Å²) < 4.78 is 5.29. The number of carbonyl (C=O) groups excluding carboxylic acids is 3. The normalized spacial score (nSPS) is 13.6. The summed E-state index contributed by atoms with van der Waals surface area (Å²) in [4.78, 5) is 40.8. The molecule has 0 saturated carbocycles. The van der Waals surface area contributed by atoms with Crippen molar-refractivity contribution in [1.29, 1.82) is 0 Å². The van der Waals surface area contributed by atoms with Crippen molar-refractivity contribution in [3.05, 3.63) is 29.8 Å². The Hall–Kier alpha value is -2.42. The minimum absolute atomic E-state index is 0.0124. The summed E-state index contributed by atoms with van der Waals surface area (Å²) in [6.45, 7) is 13.0. The zero-order valence-corrected chi connectivity index (χ0v) is 21.7. The molecule has 0 radical (unpaired) electrons. The molecule has 0 aliphatic rings. The summed E-state index contributed by atoms with van der Waals surface area (Å²) in [5.41, 5.74) is -0.799. The van der Waals surface area contributed by atoms with Gasteiger partial charge >= 0.3 is 6.09 Å². The van der Waals surface area contributed by atoms with E-state index in [0.29, 0.717) is 12.0 Å². The molecule has 3 amide bonds. The van der Waals surface area contributed by atoms with Gasteiger partial charge < -0.3 is 25.4 Å². The maximum Gasteiger partial charge on any atom is 0.408 e. The molecule has 2 unspecified atom stereocenters. The standard InChI is InChI=1S/C24H39N3O5S/c1-8-9-13-27(21(30)18(15-33)25-22(31)32-24(5,6)7)19(20(29)26-23(2,3)4)16-11-10-12-17(28)14-16/h10-12,14,18-19,28,33H,8-9,13,15H2,1-7H3,(H,25,31)(H,26,29). The largest absolute Gasteiger partial charge is 0.508 e. The Labute approximate surface area is 202 Å². The first-order valence-electron chi connectivity index (χ1n) is 11.2. The van der Waals surface area contributed by atoms with E-state index >= 15 is 0 Å². The van der Waals surface area contributed by atoms with Crippen molar-refractivity contribution in [3.63, 3.8) is 0 Å². The quantitative estimate of drug-likeness (QED) is 0.401. The van der Waals surface area contributed by atoms with Crippen molar-refractivity contribution < 1.29 is 24.2 Å². The van der Waals surface area contributed by atoms with Gasteiger partial charge in [-0.05, 0) is 65.7 Å². The predicted molar refractivity (Wildman–Crippen MR) is 132 cm³/mol. The lowest BCUT2D eigenvalue weighted by molar-refractivity contribution is -0.142. The highest BCUT2D eigenvalue weighted by molar-refractivity contribution is 7.80. The highest BCUT2D eigenvalue weighted by Gasteiger charge is 2.36. The minimum Gasteiger partial charge on any atom is -0.508 e. The van der Waals surface area contributed by atoms with Gasteiger partial charge in [0.05, 0.1) is 0 Å². The Morgan fingerprint density at radius 2 is 1.79 bits per heavy atom. The van der Waals surface area contributed by atoms with Crippen molar-refractivity contribution in [2.45, 2.75) is 84.5 Å². The number of nitrogens with one attached hydrogen (secondary N) is 2. The zero-order chi connectivity index (χ0) is 25.4. The molecular formula is C24H39N3O5S. The van der Waals surface area contributed by atoms with E-state index in [-0.39, 0.29) is 24.0 Å². The molecule has 2 atom stereocenters. The van der Waals surface area contributed by atoms with Crippen LogP contribution in [0.4, 0.5) is 4.79 Å². The molecule has 3 N–H and O–H groups in total. The van der Waals surface area contributed by atoms with Crippen molar-refractivity contribution in [2.24, 2.45) is 0 Å². The van der Waals surface area contributed by atoms with Gasteiger partial charge in [-0.25, -0.2) is 4.79 Å².